The molecule has 0 bridgehead atoms. The van der Waals surface area contributed by atoms with Crippen molar-refractivity contribution in [2.24, 2.45) is 9.98 Å². The standard InChI is InChI=1S/C34H22N4/c35-23-29-21-31(37-33(25-13-5-1-6-14-25)26-15-7-2-8-16-26)32(22-30(29)24-36)38-34(27-17-9-3-10-18-27)28-19-11-4-12-20-28/h1-22H. The molecule has 38 heavy (non-hydrogen) atoms. The predicted molar refractivity (Wildman–Crippen MR) is 152 cm³/mol. The van der Waals surface area contributed by atoms with Gasteiger partial charge in [0.2, 0.25) is 0 Å². The molecule has 0 saturated carbocycles. The van der Waals surface area contributed by atoms with Crippen LogP contribution >= 0.6 is 0 Å². The summed E-state index contributed by atoms with van der Waals surface area (Å²) < 4.78 is 0. The molecular formula is C34H22N4. The van der Waals surface area contributed by atoms with Crippen molar-refractivity contribution in [2.75, 3.05) is 0 Å². The summed E-state index contributed by atoms with van der Waals surface area (Å²) in [7, 11) is 0. The molecule has 0 aliphatic rings. The zero-order valence-corrected chi connectivity index (χ0v) is 20.5. The maximum atomic E-state index is 9.79. The van der Waals surface area contributed by atoms with Gasteiger partial charge in [-0.05, 0) is 12.1 Å². The first-order valence-electron chi connectivity index (χ1n) is 12.1. The van der Waals surface area contributed by atoms with E-state index in [1.165, 1.54) is 0 Å². The number of hydrogen-bond donors (Lipinski definition) is 0. The van der Waals surface area contributed by atoms with E-state index in [1.807, 2.05) is 121 Å². The number of nitrogens with zero attached hydrogens (tertiary/aromatic N) is 4. The molecule has 0 aliphatic heterocycles. The Bertz CT molecular complexity index is 1480. The van der Waals surface area contributed by atoms with Crippen molar-refractivity contribution in [3.63, 3.8) is 0 Å². The van der Waals surface area contributed by atoms with Gasteiger partial charge in [-0.15, -0.1) is 0 Å². The molecule has 5 rings (SSSR count). The fraction of sp³-hybridized carbons (Fsp3) is 0. The number of hydrogen-bond acceptors (Lipinski definition) is 4. The molecule has 178 valence electrons. The van der Waals surface area contributed by atoms with Crippen LogP contribution in [0.1, 0.15) is 33.4 Å². The lowest BCUT2D eigenvalue weighted by molar-refractivity contribution is 1.37. The largest absolute Gasteiger partial charge is 0.245 e. The molecule has 0 aliphatic carbocycles. The van der Waals surface area contributed by atoms with Gasteiger partial charge in [0.25, 0.3) is 0 Å². The first-order valence-corrected chi connectivity index (χ1v) is 12.1. The topological polar surface area (TPSA) is 72.3 Å². The lowest BCUT2D eigenvalue weighted by Crippen LogP contribution is -2.04. The van der Waals surface area contributed by atoms with Gasteiger partial charge in [-0.3, -0.25) is 0 Å². The Labute approximate surface area is 222 Å². The van der Waals surface area contributed by atoms with Crippen molar-refractivity contribution in [3.8, 4) is 12.1 Å². The van der Waals surface area contributed by atoms with Crippen molar-refractivity contribution in [1.82, 2.24) is 0 Å². The third kappa shape index (κ3) is 5.31. The van der Waals surface area contributed by atoms with Crippen LogP contribution in [0.15, 0.2) is 143 Å². The molecule has 0 saturated heterocycles. The van der Waals surface area contributed by atoms with E-state index < -0.39 is 0 Å². The van der Waals surface area contributed by atoms with Crippen molar-refractivity contribution in [1.29, 1.82) is 10.5 Å². The van der Waals surface area contributed by atoms with Crippen molar-refractivity contribution in [2.45, 2.75) is 0 Å². The molecule has 0 heterocycles. The van der Waals surface area contributed by atoms with E-state index in [9.17, 15) is 10.5 Å². The van der Waals surface area contributed by atoms with Gasteiger partial charge >= 0.3 is 0 Å². The molecule has 0 unspecified atom stereocenters. The van der Waals surface area contributed by atoms with E-state index in [-0.39, 0.29) is 11.1 Å². The second-order valence-electron chi connectivity index (χ2n) is 8.50. The molecule has 4 nitrogen and oxygen atoms in total. The summed E-state index contributed by atoms with van der Waals surface area (Å²) in [5.74, 6) is 0. The fourth-order valence-corrected chi connectivity index (χ4v) is 4.16. The van der Waals surface area contributed by atoms with Gasteiger partial charge in [0.15, 0.2) is 0 Å². The summed E-state index contributed by atoms with van der Waals surface area (Å²) in [5.41, 5.74) is 6.75. The van der Waals surface area contributed by atoms with Crippen LogP contribution in [0.2, 0.25) is 0 Å². The lowest BCUT2D eigenvalue weighted by atomic mass is 10.0. The van der Waals surface area contributed by atoms with E-state index in [1.54, 1.807) is 12.1 Å². The van der Waals surface area contributed by atoms with Crippen LogP contribution in [0.4, 0.5) is 11.4 Å². The molecule has 0 fully saturated rings. The van der Waals surface area contributed by atoms with Gasteiger partial charge in [0, 0.05) is 22.3 Å². The van der Waals surface area contributed by atoms with Gasteiger partial charge in [-0.1, -0.05) is 121 Å². The predicted octanol–water partition coefficient (Wildman–Crippen LogP) is 7.77. The molecule has 0 aromatic heterocycles. The fourth-order valence-electron chi connectivity index (χ4n) is 4.16. The molecule has 5 aromatic rings. The van der Waals surface area contributed by atoms with Crippen LogP contribution in [0.3, 0.4) is 0 Å². The highest BCUT2D eigenvalue weighted by atomic mass is 14.8. The summed E-state index contributed by atoms with van der Waals surface area (Å²) in [6, 6.07) is 47.2. The Morgan fingerprint density at radius 3 is 0.921 bits per heavy atom. The highest BCUT2D eigenvalue weighted by Crippen LogP contribution is 2.34. The highest BCUT2D eigenvalue weighted by Gasteiger charge is 2.15. The van der Waals surface area contributed by atoms with Gasteiger partial charge in [-0.25, -0.2) is 9.98 Å². The number of benzene rings is 5. The zero-order chi connectivity index (χ0) is 26.2. The monoisotopic (exact) mass is 486 g/mol. The SMILES string of the molecule is N#Cc1cc(N=C(c2ccccc2)c2ccccc2)c(N=C(c2ccccc2)c2ccccc2)cc1C#N. The molecular weight excluding hydrogens is 464 g/mol. The third-order valence-corrected chi connectivity index (χ3v) is 6.01. The molecule has 0 spiro atoms. The zero-order valence-electron chi connectivity index (χ0n) is 20.5. The summed E-state index contributed by atoms with van der Waals surface area (Å²) in [6.45, 7) is 0. The van der Waals surface area contributed by atoms with E-state index in [0.29, 0.717) is 11.4 Å². The van der Waals surface area contributed by atoms with Crippen LogP contribution in [-0.4, -0.2) is 11.4 Å². The molecule has 0 N–H and O–H groups in total. The molecule has 5 aromatic carbocycles. The number of rotatable bonds is 6. The minimum Gasteiger partial charge on any atom is -0.245 e. The van der Waals surface area contributed by atoms with Gasteiger partial charge in [0.05, 0.1) is 33.9 Å². The van der Waals surface area contributed by atoms with Gasteiger partial charge in [0.1, 0.15) is 12.1 Å². The lowest BCUT2D eigenvalue weighted by Gasteiger charge is -2.12. The van der Waals surface area contributed by atoms with Crippen LogP contribution in [0.5, 0.6) is 0 Å². The smallest absolute Gasteiger partial charge is 0.101 e. The average molecular weight is 487 g/mol. The maximum Gasteiger partial charge on any atom is 0.101 e. The van der Waals surface area contributed by atoms with E-state index >= 15 is 0 Å². The van der Waals surface area contributed by atoms with Crippen molar-refractivity contribution < 1.29 is 0 Å². The Kier molecular flexibility index (Phi) is 7.26. The third-order valence-electron chi connectivity index (χ3n) is 6.01. The number of nitriles is 2. The second-order valence-corrected chi connectivity index (χ2v) is 8.50. The Morgan fingerprint density at radius 1 is 0.421 bits per heavy atom. The van der Waals surface area contributed by atoms with E-state index in [2.05, 4.69) is 12.1 Å². The minimum atomic E-state index is 0.256. The molecule has 0 atom stereocenters. The summed E-state index contributed by atoms with van der Waals surface area (Å²) >= 11 is 0. The number of aliphatic imine (C=N–C) groups is 2. The first kappa shape index (κ1) is 24.1. The van der Waals surface area contributed by atoms with E-state index in [4.69, 9.17) is 9.98 Å². The maximum absolute atomic E-state index is 9.79. The average Bonchev–Trinajstić information content (AvgIpc) is 3.00. The molecule has 0 amide bonds. The van der Waals surface area contributed by atoms with Crippen molar-refractivity contribution in [3.05, 3.63) is 167 Å². The summed E-state index contributed by atoms with van der Waals surface area (Å²) in [6.07, 6.45) is 0. The van der Waals surface area contributed by atoms with Crippen molar-refractivity contribution >= 4 is 22.8 Å². The Morgan fingerprint density at radius 2 is 0.684 bits per heavy atom. The molecule has 0 radical (unpaired) electrons. The van der Waals surface area contributed by atoms with Crippen LogP contribution in [0.25, 0.3) is 0 Å². The van der Waals surface area contributed by atoms with Crippen LogP contribution in [0, 0.1) is 22.7 Å². The summed E-state index contributed by atoms with van der Waals surface area (Å²) in [4.78, 5) is 10.1. The summed E-state index contributed by atoms with van der Waals surface area (Å²) in [5, 5.41) is 19.6. The second kappa shape index (κ2) is 11.4. The van der Waals surface area contributed by atoms with Gasteiger partial charge < -0.3 is 0 Å². The molecule has 4 heteroatoms. The Balaban J connectivity index is 1.80. The van der Waals surface area contributed by atoms with E-state index in [0.717, 1.165) is 33.7 Å². The Hall–Kier alpha value is -5.58. The normalized spacial score (nSPS) is 10.1. The van der Waals surface area contributed by atoms with Gasteiger partial charge in [-0.2, -0.15) is 10.5 Å². The minimum absolute atomic E-state index is 0.256. The first-order chi connectivity index (χ1) is 18.8. The van der Waals surface area contributed by atoms with Crippen LogP contribution in [-0.2, 0) is 0 Å². The van der Waals surface area contributed by atoms with Crippen LogP contribution < -0.4 is 0 Å². The highest BCUT2D eigenvalue weighted by molar-refractivity contribution is 6.16. The quantitative estimate of drug-likeness (QED) is 0.230.